The first-order valence-corrected chi connectivity index (χ1v) is 9.16. The Morgan fingerprint density at radius 1 is 0.903 bits per heavy atom. The Balaban J connectivity index is 2.19. The molecule has 2 aliphatic rings. The SMILES string of the molecule is O=C(O)[C@@]1(OC[C@H](O)[C@H]2O[C@@](O)(C(=O)O)C[C@@H](O)[C@H]2O)C[C@@H](O)[C@@H](O)[C@@H]([C@@H](O)CO)O1. The molecule has 2 aliphatic heterocycles. The number of hydrogen-bond donors (Lipinski definition) is 10. The standard InChI is InChI=1S/C16H26O15/c17-3-7(20)11-10(23)6(19)2-16(31-11,14(26)27)29-4-8(21)12-9(22)5(18)1-15(28,30-12)13(24)25/h5-12,17-23,28H,1-4H2,(H,24,25)(H,26,27)/t5-,6-,7+,8+,9-,10-,11-,12-,15-,16-/m1/s1. The van der Waals surface area contributed by atoms with Crippen molar-refractivity contribution in [3.8, 4) is 0 Å². The minimum atomic E-state index is -2.95. The van der Waals surface area contributed by atoms with E-state index in [9.17, 15) is 50.4 Å². The van der Waals surface area contributed by atoms with E-state index in [1.165, 1.54) is 0 Å². The molecule has 180 valence electrons. The Morgan fingerprint density at radius 3 is 1.90 bits per heavy atom. The van der Waals surface area contributed by atoms with E-state index in [1.807, 2.05) is 0 Å². The smallest absolute Gasteiger partial charge is 0.364 e. The number of aliphatic carboxylic acids is 2. The third-order valence-electron chi connectivity index (χ3n) is 5.18. The lowest BCUT2D eigenvalue weighted by atomic mass is 9.92. The number of ether oxygens (including phenoxy) is 3. The Morgan fingerprint density at radius 2 is 1.42 bits per heavy atom. The van der Waals surface area contributed by atoms with Crippen LogP contribution in [0.3, 0.4) is 0 Å². The van der Waals surface area contributed by atoms with Gasteiger partial charge in [-0.3, -0.25) is 0 Å². The van der Waals surface area contributed by atoms with E-state index in [1.54, 1.807) is 0 Å². The summed E-state index contributed by atoms with van der Waals surface area (Å²) in [6, 6.07) is 0. The molecule has 10 atom stereocenters. The normalized spacial score (nSPS) is 43.2. The van der Waals surface area contributed by atoms with Crippen LogP contribution in [-0.4, -0.2) is 137 Å². The average Bonchev–Trinajstić information content (AvgIpc) is 2.70. The summed E-state index contributed by atoms with van der Waals surface area (Å²) in [5.74, 6) is -9.44. The molecule has 2 heterocycles. The van der Waals surface area contributed by atoms with Gasteiger partial charge in [-0.05, 0) is 0 Å². The van der Waals surface area contributed by atoms with E-state index in [0.717, 1.165) is 0 Å². The van der Waals surface area contributed by atoms with Gasteiger partial charge in [-0.1, -0.05) is 0 Å². The van der Waals surface area contributed by atoms with Gasteiger partial charge in [0.25, 0.3) is 11.6 Å². The van der Waals surface area contributed by atoms with Crippen molar-refractivity contribution in [3.05, 3.63) is 0 Å². The number of rotatable bonds is 8. The van der Waals surface area contributed by atoms with Gasteiger partial charge in [0.2, 0.25) is 0 Å². The summed E-state index contributed by atoms with van der Waals surface area (Å²) in [7, 11) is 0. The summed E-state index contributed by atoms with van der Waals surface area (Å²) < 4.78 is 14.9. The molecule has 0 bridgehead atoms. The van der Waals surface area contributed by atoms with Crippen molar-refractivity contribution in [2.45, 2.75) is 73.2 Å². The molecular formula is C16H26O15. The summed E-state index contributed by atoms with van der Waals surface area (Å²) in [6.07, 6.45) is -16.6. The number of carboxylic acid groups (broad SMARTS) is 2. The second kappa shape index (κ2) is 9.55. The maximum atomic E-state index is 11.8. The molecule has 0 aromatic rings. The van der Waals surface area contributed by atoms with Crippen LogP contribution in [-0.2, 0) is 23.8 Å². The van der Waals surface area contributed by atoms with Gasteiger partial charge >= 0.3 is 11.9 Å². The average molecular weight is 458 g/mol. The summed E-state index contributed by atoms with van der Waals surface area (Å²) in [5, 5.41) is 97.2. The van der Waals surface area contributed by atoms with Crippen molar-refractivity contribution >= 4 is 11.9 Å². The predicted molar refractivity (Wildman–Crippen MR) is 91.0 cm³/mol. The topological polar surface area (TPSA) is 264 Å². The van der Waals surface area contributed by atoms with Crippen LogP contribution in [0.1, 0.15) is 12.8 Å². The summed E-state index contributed by atoms with van der Waals surface area (Å²) in [4.78, 5) is 22.9. The van der Waals surface area contributed by atoms with Crippen molar-refractivity contribution in [2.24, 2.45) is 0 Å². The second-order valence-electron chi connectivity index (χ2n) is 7.46. The number of carboxylic acids is 2. The highest BCUT2D eigenvalue weighted by molar-refractivity contribution is 5.76. The lowest BCUT2D eigenvalue weighted by molar-refractivity contribution is -0.338. The van der Waals surface area contributed by atoms with E-state index in [2.05, 4.69) is 0 Å². The Hall–Kier alpha value is -1.50. The fourth-order valence-electron chi connectivity index (χ4n) is 3.38. The second-order valence-corrected chi connectivity index (χ2v) is 7.46. The van der Waals surface area contributed by atoms with Gasteiger partial charge in [-0.25, -0.2) is 9.59 Å². The van der Waals surface area contributed by atoms with Crippen molar-refractivity contribution in [1.82, 2.24) is 0 Å². The van der Waals surface area contributed by atoms with Gasteiger partial charge < -0.3 is 65.3 Å². The molecule has 10 N–H and O–H groups in total. The van der Waals surface area contributed by atoms with Crippen LogP contribution < -0.4 is 0 Å². The molecule has 0 unspecified atom stereocenters. The van der Waals surface area contributed by atoms with Crippen LogP contribution in [0.2, 0.25) is 0 Å². The van der Waals surface area contributed by atoms with E-state index in [4.69, 9.17) is 24.4 Å². The van der Waals surface area contributed by atoms with Crippen molar-refractivity contribution in [1.29, 1.82) is 0 Å². The summed E-state index contributed by atoms with van der Waals surface area (Å²) >= 11 is 0. The van der Waals surface area contributed by atoms with Crippen LogP contribution in [0.25, 0.3) is 0 Å². The lowest BCUT2D eigenvalue weighted by Gasteiger charge is -2.45. The van der Waals surface area contributed by atoms with Crippen LogP contribution in [0.5, 0.6) is 0 Å². The van der Waals surface area contributed by atoms with Gasteiger partial charge in [0, 0.05) is 12.8 Å². The van der Waals surface area contributed by atoms with Crippen molar-refractivity contribution in [2.75, 3.05) is 13.2 Å². The first-order valence-electron chi connectivity index (χ1n) is 9.16. The fourth-order valence-corrected chi connectivity index (χ4v) is 3.38. The fraction of sp³-hybridized carbons (Fsp3) is 0.875. The molecule has 0 radical (unpaired) electrons. The van der Waals surface area contributed by atoms with E-state index < -0.39 is 98.4 Å². The summed E-state index contributed by atoms with van der Waals surface area (Å²) in [5.41, 5.74) is 0. The molecule has 2 fully saturated rings. The largest absolute Gasteiger partial charge is 0.477 e. The van der Waals surface area contributed by atoms with E-state index >= 15 is 0 Å². The minimum absolute atomic E-state index is 0.874. The number of hydrogen-bond acceptors (Lipinski definition) is 13. The van der Waals surface area contributed by atoms with Crippen molar-refractivity contribution < 1.29 is 74.9 Å². The Bertz CT molecular complexity index is 659. The van der Waals surface area contributed by atoms with Crippen LogP contribution in [0, 0.1) is 0 Å². The van der Waals surface area contributed by atoms with Crippen LogP contribution in [0.4, 0.5) is 0 Å². The van der Waals surface area contributed by atoms with Crippen molar-refractivity contribution in [3.63, 3.8) is 0 Å². The van der Waals surface area contributed by atoms with Crippen LogP contribution >= 0.6 is 0 Å². The molecule has 0 aromatic carbocycles. The third kappa shape index (κ3) is 5.12. The molecule has 2 rings (SSSR count). The molecule has 0 amide bonds. The molecule has 0 aliphatic carbocycles. The maximum Gasteiger partial charge on any atom is 0.364 e. The summed E-state index contributed by atoms with van der Waals surface area (Å²) in [6.45, 7) is -2.00. The van der Waals surface area contributed by atoms with Gasteiger partial charge in [0.1, 0.15) is 36.6 Å². The zero-order chi connectivity index (χ0) is 23.7. The third-order valence-corrected chi connectivity index (χ3v) is 5.18. The Labute approximate surface area is 174 Å². The molecule has 0 spiro atoms. The first-order chi connectivity index (χ1) is 14.3. The molecule has 2 saturated heterocycles. The first kappa shape index (κ1) is 25.8. The molecular weight excluding hydrogens is 432 g/mol. The van der Waals surface area contributed by atoms with Gasteiger partial charge in [0.05, 0.1) is 25.4 Å². The Kier molecular flexibility index (Phi) is 7.94. The maximum absolute atomic E-state index is 11.8. The van der Waals surface area contributed by atoms with Gasteiger partial charge in [-0.2, -0.15) is 0 Å². The lowest BCUT2D eigenvalue weighted by Crippen LogP contribution is -2.64. The van der Waals surface area contributed by atoms with Crippen LogP contribution in [0.15, 0.2) is 0 Å². The number of aliphatic hydroxyl groups excluding tert-OH is 7. The molecule has 15 heteroatoms. The molecule has 15 nitrogen and oxygen atoms in total. The van der Waals surface area contributed by atoms with E-state index in [-0.39, 0.29) is 0 Å². The number of aliphatic hydroxyl groups is 8. The highest BCUT2D eigenvalue weighted by Crippen LogP contribution is 2.34. The molecule has 31 heavy (non-hydrogen) atoms. The monoisotopic (exact) mass is 458 g/mol. The van der Waals surface area contributed by atoms with Gasteiger partial charge in [0.15, 0.2) is 0 Å². The highest BCUT2D eigenvalue weighted by atomic mass is 16.7. The zero-order valence-electron chi connectivity index (χ0n) is 16.0. The predicted octanol–water partition coefficient (Wildman–Crippen LogP) is -5.71. The molecule has 0 saturated carbocycles. The molecule has 0 aromatic heterocycles. The van der Waals surface area contributed by atoms with E-state index in [0.29, 0.717) is 0 Å². The highest BCUT2D eigenvalue weighted by Gasteiger charge is 2.56. The minimum Gasteiger partial charge on any atom is -0.477 e. The zero-order valence-corrected chi connectivity index (χ0v) is 16.0. The quantitative estimate of drug-likeness (QED) is 0.162. The van der Waals surface area contributed by atoms with Gasteiger partial charge in [-0.15, -0.1) is 0 Å². The number of carbonyl (C=O) groups is 2.